The highest BCUT2D eigenvalue weighted by Gasteiger charge is 2.17. The van der Waals surface area contributed by atoms with Gasteiger partial charge in [0, 0.05) is 16.6 Å². The van der Waals surface area contributed by atoms with E-state index in [0.29, 0.717) is 12.2 Å². The molecular weight excluding hydrogens is 290 g/mol. The van der Waals surface area contributed by atoms with Gasteiger partial charge in [-0.3, -0.25) is 4.79 Å². The molecule has 1 atom stereocenters. The number of nitrogens with one attached hydrogen (secondary N) is 1. The SMILES string of the molecule is CCC(C)C(=O)Nc1cc(S(=O)(=O)Cl)ccc1OC. The summed E-state index contributed by atoms with van der Waals surface area (Å²) in [5, 5.41) is 2.64. The van der Waals surface area contributed by atoms with Crippen molar-refractivity contribution in [1.29, 1.82) is 0 Å². The van der Waals surface area contributed by atoms with Crippen LogP contribution in [-0.2, 0) is 13.8 Å². The lowest BCUT2D eigenvalue weighted by Crippen LogP contribution is -2.20. The summed E-state index contributed by atoms with van der Waals surface area (Å²) in [7, 11) is 2.86. The Bertz CT molecular complexity index is 571. The molecule has 19 heavy (non-hydrogen) atoms. The van der Waals surface area contributed by atoms with E-state index in [4.69, 9.17) is 15.4 Å². The van der Waals surface area contributed by atoms with Gasteiger partial charge < -0.3 is 10.1 Å². The number of anilines is 1. The van der Waals surface area contributed by atoms with Crippen LogP contribution in [0.5, 0.6) is 5.75 Å². The summed E-state index contributed by atoms with van der Waals surface area (Å²) >= 11 is 0. The second-order valence-corrected chi connectivity index (χ2v) is 6.66. The Balaban J connectivity index is 3.14. The van der Waals surface area contributed by atoms with Crippen LogP contribution in [-0.4, -0.2) is 21.4 Å². The van der Waals surface area contributed by atoms with Crippen molar-refractivity contribution < 1.29 is 17.9 Å². The lowest BCUT2D eigenvalue weighted by molar-refractivity contribution is -0.119. The number of hydrogen-bond acceptors (Lipinski definition) is 4. The summed E-state index contributed by atoms with van der Waals surface area (Å²) < 4.78 is 27.6. The van der Waals surface area contributed by atoms with E-state index in [-0.39, 0.29) is 22.4 Å². The van der Waals surface area contributed by atoms with Crippen LogP contribution < -0.4 is 10.1 Å². The molecular formula is C12H16ClNO4S. The molecule has 0 aliphatic heterocycles. The van der Waals surface area contributed by atoms with E-state index in [2.05, 4.69) is 5.32 Å². The third-order valence-corrected chi connectivity index (χ3v) is 4.12. The molecule has 106 valence electrons. The minimum atomic E-state index is -3.85. The number of hydrogen-bond donors (Lipinski definition) is 1. The van der Waals surface area contributed by atoms with Crippen molar-refractivity contribution in [2.24, 2.45) is 5.92 Å². The molecule has 1 aromatic rings. The Morgan fingerprint density at radius 2 is 2.11 bits per heavy atom. The molecule has 1 N–H and O–H groups in total. The van der Waals surface area contributed by atoms with E-state index >= 15 is 0 Å². The number of rotatable bonds is 5. The second kappa shape index (κ2) is 6.25. The number of benzene rings is 1. The summed E-state index contributed by atoms with van der Waals surface area (Å²) in [6, 6.07) is 4.04. The van der Waals surface area contributed by atoms with Crippen molar-refractivity contribution in [1.82, 2.24) is 0 Å². The molecule has 0 heterocycles. The van der Waals surface area contributed by atoms with Crippen molar-refractivity contribution in [3.05, 3.63) is 18.2 Å². The van der Waals surface area contributed by atoms with E-state index < -0.39 is 9.05 Å². The lowest BCUT2D eigenvalue weighted by Gasteiger charge is -2.13. The van der Waals surface area contributed by atoms with Gasteiger partial charge in [-0.25, -0.2) is 8.42 Å². The van der Waals surface area contributed by atoms with Crippen molar-refractivity contribution in [2.75, 3.05) is 12.4 Å². The van der Waals surface area contributed by atoms with Gasteiger partial charge in [-0.05, 0) is 24.6 Å². The molecule has 0 saturated heterocycles. The molecule has 0 aliphatic carbocycles. The minimum Gasteiger partial charge on any atom is -0.495 e. The minimum absolute atomic E-state index is 0.0885. The Kier molecular flexibility index (Phi) is 5.20. The van der Waals surface area contributed by atoms with E-state index in [1.165, 1.54) is 25.3 Å². The zero-order valence-corrected chi connectivity index (χ0v) is 12.5. The number of methoxy groups -OCH3 is 1. The highest BCUT2D eigenvalue weighted by Crippen LogP contribution is 2.29. The Labute approximate surface area is 117 Å². The van der Waals surface area contributed by atoms with Crippen molar-refractivity contribution in [3.63, 3.8) is 0 Å². The van der Waals surface area contributed by atoms with Crippen LogP contribution in [0, 0.1) is 5.92 Å². The van der Waals surface area contributed by atoms with E-state index in [1.54, 1.807) is 6.92 Å². The molecule has 5 nitrogen and oxygen atoms in total. The second-order valence-electron chi connectivity index (χ2n) is 4.10. The first-order valence-electron chi connectivity index (χ1n) is 5.73. The molecule has 1 amide bonds. The van der Waals surface area contributed by atoms with Crippen LogP contribution in [0.15, 0.2) is 23.1 Å². The lowest BCUT2D eigenvalue weighted by atomic mass is 10.1. The highest BCUT2D eigenvalue weighted by atomic mass is 35.7. The fraction of sp³-hybridized carbons (Fsp3) is 0.417. The van der Waals surface area contributed by atoms with Crippen molar-refractivity contribution >= 4 is 31.3 Å². The molecule has 0 radical (unpaired) electrons. The third-order valence-electron chi connectivity index (χ3n) is 2.77. The smallest absolute Gasteiger partial charge is 0.261 e. The van der Waals surface area contributed by atoms with Crippen molar-refractivity contribution in [3.8, 4) is 5.75 Å². The van der Waals surface area contributed by atoms with Gasteiger partial charge in [0.15, 0.2) is 0 Å². The molecule has 0 aromatic heterocycles. The van der Waals surface area contributed by atoms with E-state index in [0.717, 1.165) is 0 Å². The monoisotopic (exact) mass is 305 g/mol. The van der Waals surface area contributed by atoms with Gasteiger partial charge >= 0.3 is 0 Å². The summed E-state index contributed by atoms with van der Waals surface area (Å²) in [6.07, 6.45) is 0.682. The van der Waals surface area contributed by atoms with Crippen LogP contribution in [0.25, 0.3) is 0 Å². The van der Waals surface area contributed by atoms with Gasteiger partial charge in [0.05, 0.1) is 17.7 Å². The first kappa shape index (κ1) is 15.8. The van der Waals surface area contributed by atoms with Crippen LogP contribution in [0.1, 0.15) is 20.3 Å². The summed E-state index contributed by atoms with van der Waals surface area (Å²) in [6.45, 7) is 3.67. The molecule has 1 rings (SSSR count). The third kappa shape index (κ3) is 4.11. The van der Waals surface area contributed by atoms with Crippen LogP contribution >= 0.6 is 10.7 Å². The molecule has 1 unspecified atom stereocenters. The first-order chi connectivity index (χ1) is 8.79. The van der Waals surface area contributed by atoms with Crippen molar-refractivity contribution in [2.45, 2.75) is 25.2 Å². The van der Waals surface area contributed by atoms with Gasteiger partial charge in [-0.15, -0.1) is 0 Å². The predicted octanol–water partition coefficient (Wildman–Crippen LogP) is 2.61. The topological polar surface area (TPSA) is 72.5 Å². The normalized spacial score (nSPS) is 12.8. The number of carbonyl (C=O) groups excluding carboxylic acids is 1. The number of halogens is 1. The molecule has 0 saturated carbocycles. The van der Waals surface area contributed by atoms with Crippen LogP contribution in [0.3, 0.4) is 0 Å². The standard InChI is InChI=1S/C12H16ClNO4S/c1-4-8(2)12(15)14-10-7-9(19(13,16)17)5-6-11(10)18-3/h5-8H,4H2,1-3H3,(H,14,15). The van der Waals surface area contributed by atoms with Gasteiger partial charge in [-0.2, -0.15) is 0 Å². The summed E-state index contributed by atoms with van der Waals surface area (Å²) in [4.78, 5) is 11.7. The largest absolute Gasteiger partial charge is 0.495 e. The van der Waals surface area contributed by atoms with E-state index in [9.17, 15) is 13.2 Å². The van der Waals surface area contributed by atoms with Gasteiger partial charge in [0.2, 0.25) is 5.91 Å². The maximum atomic E-state index is 11.8. The molecule has 0 bridgehead atoms. The van der Waals surface area contributed by atoms with Crippen LogP contribution in [0.4, 0.5) is 5.69 Å². The fourth-order valence-electron chi connectivity index (χ4n) is 1.38. The molecule has 0 fully saturated rings. The maximum Gasteiger partial charge on any atom is 0.261 e. The zero-order valence-electron chi connectivity index (χ0n) is 10.9. The maximum absolute atomic E-state index is 11.8. The Morgan fingerprint density at radius 1 is 1.47 bits per heavy atom. The summed E-state index contributed by atoms with van der Waals surface area (Å²) in [5.74, 6) is -0.00777. The Hall–Kier alpha value is -1.27. The quantitative estimate of drug-likeness (QED) is 0.849. The number of ether oxygens (including phenoxy) is 1. The first-order valence-corrected chi connectivity index (χ1v) is 8.04. The number of amides is 1. The van der Waals surface area contributed by atoms with Gasteiger partial charge in [-0.1, -0.05) is 13.8 Å². The van der Waals surface area contributed by atoms with Crippen LogP contribution in [0.2, 0.25) is 0 Å². The molecule has 0 aliphatic rings. The van der Waals surface area contributed by atoms with Gasteiger partial charge in [0.1, 0.15) is 5.75 Å². The average molecular weight is 306 g/mol. The molecule has 7 heteroatoms. The van der Waals surface area contributed by atoms with E-state index in [1.807, 2.05) is 6.92 Å². The molecule has 0 spiro atoms. The Morgan fingerprint density at radius 3 is 2.58 bits per heavy atom. The predicted molar refractivity (Wildman–Crippen MR) is 74.1 cm³/mol. The highest BCUT2D eigenvalue weighted by molar-refractivity contribution is 8.13. The zero-order chi connectivity index (χ0) is 14.6. The number of carbonyl (C=O) groups is 1. The average Bonchev–Trinajstić information content (AvgIpc) is 2.36. The molecule has 1 aromatic carbocycles. The van der Waals surface area contributed by atoms with Gasteiger partial charge in [0.25, 0.3) is 9.05 Å². The fourth-order valence-corrected chi connectivity index (χ4v) is 2.15. The summed E-state index contributed by atoms with van der Waals surface area (Å²) in [5.41, 5.74) is 0.287.